The van der Waals surface area contributed by atoms with Crippen molar-refractivity contribution in [2.75, 3.05) is 0 Å². The molecule has 0 atom stereocenters. The zero-order valence-corrected chi connectivity index (χ0v) is 35.9. The molecule has 0 N–H and O–H groups in total. The van der Waals surface area contributed by atoms with E-state index in [2.05, 4.69) is 13.8 Å². The molecule has 52 heavy (non-hydrogen) atoms. The third-order valence-electron chi connectivity index (χ3n) is 11.0. The minimum absolute atomic E-state index is 0.221. The minimum atomic E-state index is -0.717. The zero-order chi connectivity index (χ0) is 37.8. The van der Waals surface area contributed by atoms with Gasteiger partial charge in [-0.15, -0.1) is 0 Å². The van der Waals surface area contributed by atoms with Crippen molar-refractivity contribution in [1.29, 1.82) is 0 Å². The molecule has 0 aliphatic carbocycles. The Bertz CT molecular complexity index is 650. The van der Waals surface area contributed by atoms with Crippen LogP contribution < -0.4 is 0 Å². The molecule has 0 heterocycles. The van der Waals surface area contributed by atoms with Crippen LogP contribution in [0.1, 0.15) is 290 Å². The predicted octanol–water partition coefficient (Wildman–Crippen LogP) is 16.8. The molecule has 0 aliphatic rings. The first kappa shape index (κ1) is 50.9. The Balaban J connectivity index is 3.54. The maximum atomic E-state index is 12.4. The van der Waals surface area contributed by atoms with E-state index in [0.717, 1.165) is 32.1 Å². The summed E-state index contributed by atoms with van der Waals surface area (Å²) in [5.41, 5.74) is 0. The summed E-state index contributed by atoms with van der Waals surface area (Å²) < 4.78 is 11.1. The molecule has 0 rings (SSSR count). The number of esters is 2. The van der Waals surface area contributed by atoms with Crippen LogP contribution in [-0.2, 0) is 19.1 Å². The van der Waals surface area contributed by atoms with E-state index < -0.39 is 6.29 Å². The molecule has 0 unspecified atom stereocenters. The molecule has 0 saturated carbocycles. The predicted molar refractivity (Wildman–Crippen MR) is 227 cm³/mol. The maximum Gasteiger partial charge on any atom is 0.308 e. The molecule has 0 amide bonds. The molecule has 0 aromatic heterocycles. The quantitative estimate of drug-likeness (QED) is 0.0355. The Morgan fingerprint density at radius 3 is 0.673 bits per heavy atom. The first-order valence-corrected chi connectivity index (χ1v) is 24.0. The second-order valence-electron chi connectivity index (χ2n) is 16.4. The number of unbranched alkanes of at least 4 members (excludes halogenated alkanes) is 36. The van der Waals surface area contributed by atoms with Gasteiger partial charge >= 0.3 is 11.9 Å². The molecule has 0 fully saturated rings. The lowest BCUT2D eigenvalue weighted by Gasteiger charge is -2.18. The summed E-state index contributed by atoms with van der Waals surface area (Å²) in [5.74, 6) is -0.441. The van der Waals surface area contributed by atoms with Crippen LogP contribution in [0.4, 0.5) is 0 Å². The number of rotatable bonds is 44. The van der Waals surface area contributed by atoms with Gasteiger partial charge in [0.1, 0.15) is 0 Å². The van der Waals surface area contributed by atoms with Gasteiger partial charge in [-0.25, -0.2) is 0 Å². The van der Waals surface area contributed by atoms with Crippen LogP contribution in [0, 0.1) is 0 Å². The van der Waals surface area contributed by atoms with Crippen molar-refractivity contribution in [2.45, 2.75) is 297 Å². The molecule has 0 bridgehead atoms. The number of hydrogen-bond donors (Lipinski definition) is 0. The Morgan fingerprint density at radius 1 is 0.288 bits per heavy atom. The Morgan fingerprint density at radius 2 is 0.481 bits per heavy atom. The van der Waals surface area contributed by atoms with Crippen molar-refractivity contribution in [3.05, 3.63) is 0 Å². The van der Waals surface area contributed by atoms with Gasteiger partial charge in [0, 0.05) is 19.3 Å². The first-order chi connectivity index (χ1) is 25.6. The highest BCUT2D eigenvalue weighted by atomic mass is 16.7. The van der Waals surface area contributed by atoms with Crippen LogP contribution >= 0.6 is 0 Å². The normalized spacial score (nSPS) is 11.5. The first-order valence-electron chi connectivity index (χ1n) is 24.0. The Hall–Kier alpha value is -1.06. The van der Waals surface area contributed by atoms with Crippen molar-refractivity contribution in [3.8, 4) is 0 Å². The molecular formula is C48H94O4. The van der Waals surface area contributed by atoms with Crippen molar-refractivity contribution < 1.29 is 19.1 Å². The zero-order valence-electron chi connectivity index (χ0n) is 35.9. The summed E-state index contributed by atoms with van der Waals surface area (Å²) in [6, 6.07) is 0. The lowest BCUT2D eigenvalue weighted by atomic mass is 10.0. The van der Waals surface area contributed by atoms with Gasteiger partial charge in [-0.2, -0.15) is 0 Å². The standard InChI is InChI=1S/C48H94O4/c1-4-7-9-11-13-15-17-19-21-23-25-27-29-31-33-35-37-39-41-44-46(49)51-48(43-6-3)52-47(50)45-42-40-38-36-34-32-30-28-26-24-22-20-18-16-14-12-10-8-5-2/h48H,4-45H2,1-3H3. The van der Waals surface area contributed by atoms with Crippen molar-refractivity contribution in [2.24, 2.45) is 0 Å². The molecule has 4 nitrogen and oxygen atoms in total. The molecule has 0 aromatic rings. The topological polar surface area (TPSA) is 52.6 Å². The molecule has 0 saturated heterocycles. The Labute approximate surface area is 326 Å². The van der Waals surface area contributed by atoms with Crippen LogP contribution in [0.3, 0.4) is 0 Å². The summed E-state index contributed by atoms with van der Waals surface area (Å²) in [5, 5.41) is 0. The minimum Gasteiger partial charge on any atom is -0.425 e. The summed E-state index contributed by atoms with van der Waals surface area (Å²) in [4.78, 5) is 24.8. The highest BCUT2D eigenvalue weighted by Gasteiger charge is 2.18. The van der Waals surface area contributed by atoms with E-state index in [0.29, 0.717) is 19.3 Å². The molecule has 0 aromatic carbocycles. The van der Waals surface area contributed by atoms with Gasteiger partial charge in [0.05, 0.1) is 0 Å². The van der Waals surface area contributed by atoms with Gasteiger partial charge in [0.2, 0.25) is 6.29 Å². The van der Waals surface area contributed by atoms with Gasteiger partial charge in [-0.1, -0.05) is 252 Å². The molecule has 310 valence electrons. The molecule has 4 heteroatoms. The van der Waals surface area contributed by atoms with E-state index in [1.807, 2.05) is 6.92 Å². The fourth-order valence-electron chi connectivity index (χ4n) is 7.48. The third kappa shape index (κ3) is 41.7. The lowest BCUT2D eigenvalue weighted by molar-refractivity contribution is -0.189. The van der Waals surface area contributed by atoms with Gasteiger partial charge < -0.3 is 9.47 Å². The monoisotopic (exact) mass is 735 g/mol. The second-order valence-corrected chi connectivity index (χ2v) is 16.4. The smallest absolute Gasteiger partial charge is 0.308 e. The highest BCUT2D eigenvalue weighted by molar-refractivity contribution is 5.71. The van der Waals surface area contributed by atoms with Crippen LogP contribution in [0.2, 0.25) is 0 Å². The SMILES string of the molecule is CCCCCCCCCCCCCCCCCCCCCC(=O)OC(CCC)OC(=O)CCCCCCCCCCCCCCCCCCCCC. The largest absolute Gasteiger partial charge is 0.425 e. The third-order valence-corrected chi connectivity index (χ3v) is 11.0. The summed E-state index contributed by atoms with van der Waals surface area (Å²) in [6.07, 6.45) is 52.5. The van der Waals surface area contributed by atoms with Crippen LogP contribution in [0.25, 0.3) is 0 Å². The molecular weight excluding hydrogens is 641 g/mol. The van der Waals surface area contributed by atoms with E-state index >= 15 is 0 Å². The summed E-state index contributed by atoms with van der Waals surface area (Å²) in [7, 11) is 0. The van der Waals surface area contributed by atoms with E-state index in [4.69, 9.17) is 9.47 Å². The van der Waals surface area contributed by atoms with Crippen molar-refractivity contribution in [3.63, 3.8) is 0 Å². The summed E-state index contributed by atoms with van der Waals surface area (Å²) >= 11 is 0. The molecule has 0 radical (unpaired) electrons. The van der Waals surface area contributed by atoms with Gasteiger partial charge in [0.25, 0.3) is 0 Å². The van der Waals surface area contributed by atoms with Crippen LogP contribution in [0.5, 0.6) is 0 Å². The van der Waals surface area contributed by atoms with Crippen molar-refractivity contribution >= 4 is 11.9 Å². The van der Waals surface area contributed by atoms with E-state index in [1.165, 1.54) is 218 Å². The van der Waals surface area contributed by atoms with Crippen LogP contribution in [0.15, 0.2) is 0 Å². The molecule has 0 aliphatic heterocycles. The average Bonchev–Trinajstić information content (AvgIpc) is 3.13. The number of ether oxygens (including phenoxy) is 2. The summed E-state index contributed by atoms with van der Waals surface area (Å²) in [6.45, 7) is 6.61. The van der Waals surface area contributed by atoms with E-state index in [9.17, 15) is 9.59 Å². The maximum absolute atomic E-state index is 12.4. The fourth-order valence-corrected chi connectivity index (χ4v) is 7.48. The average molecular weight is 735 g/mol. The number of carbonyl (C=O) groups is 2. The van der Waals surface area contributed by atoms with Crippen LogP contribution in [-0.4, -0.2) is 18.2 Å². The van der Waals surface area contributed by atoms with Crippen molar-refractivity contribution in [1.82, 2.24) is 0 Å². The van der Waals surface area contributed by atoms with Gasteiger partial charge in [-0.3, -0.25) is 9.59 Å². The molecule has 0 spiro atoms. The number of hydrogen-bond acceptors (Lipinski definition) is 4. The second kappa shape index (κ2) is 44.3. The number of carbonyl (C=O) groups excluding carboxylic acids is 2. The van der Waals surface area contributed by atoms with E-state index in [1.54, 1.807) is 0 Å². The van der Waals surface area contributed by atoms with Gasteiger partial charge in [-0.05, 0) is 19.3 Å². The van der Waals surface area contributed by atoms with Gasteiger partial charge in [0.15, 0.2) is 0 Å². The fraction of sp³-hybridized carbons (Fsp3) is 0.958. The highest BCUT2D eigenvalue weighted by Crippen LogP contribution is 2.18. The Kier molecular flexibility index (Phi) is 43.4. The van der Waals surface area contributed by atoms with E-state index in [-0.39, 0.29) is 11.9 Å². The lowest BCUT2D eigenvalue weighted by Crippen LogP contribution is -2.24.